The van der Waals surface area contributed by atoms with E-state index < -0.39 is 0 Å². The van der Waals surface area contributed by atoms with E-state index in [2.05, 4.69) is 37.3 Å². The maximum absolute atomic E-state index is 2.24. The van der Waals surface area contributed by atoms with Crippen molar-refractivity contribution in [3.63, 3.8) is 0 Å². The van der Waals surface area contributed by atoms with Crippen LogP contribution in [0.25, 0.3) is 12.2 Å². The van der Waals surface area contributed by atoms with E-state index in [0.717, 1.165) is 6.42 Å². The third-order valence-corrected chi connectivity index (χ3v) is 2.78. The van der Waals surface area contributed by atoms with Gasteiger partial charge < -0.3 is 0 Å². The molecule has 0 saturated carbocycles. The van der Waals surface area contributed by atoms with Crippen LogP contribution in [-0.4, -0.2) is 0 Å². The maximum Gasteiger partial charge on any atom is 0.0342 e. The van der Waals surface area contributed by atoms with E-state index in [1.165, 1.54) is 15.3 Å². The molecule has 1 aromatic rings. The van der Waals surface area contributed by atoms with Gasteiger partial charge in [0, 0.05) is 9.75 Å². The van der Waals surface area contributed by atoms with Gasteiger partial charge in [-0.3, -0.25) is 0 Å². The van der Waals surface area contributed by atoms with E-state index in [9.17, 15) is 0 Å². The summed E-state index contributed by atoms with van der Waals surface area (Å²) < 4.78 is 0. The lowest BCUT2D eigenvalue weighted by atomic mass is 10.2. The van der Waals surface area contributed by atoms with Crippen LogP contribution in [0.15, 0.2) is 18.2 Å². The van der Waals surface area contributed by atoms with E-state index in [-0.39, 0.29) is 0 Å². The minimum atomic E-state index is 1.07. The molecule has 1 aromatic heterocycles. The third-order valence-electron chi connectivity index (χ3n) is 1.75. The largest absolute Gasteiger partial charge is 0.141 e. The Balaban J connectivity index is 0.000000442. The monoisotopic (exact) mass is 222 g/mol. The molecule has 0 saturated heterocycles. The van der Waals surface area contributed by atoms with Crippen molar-refractivity contribution in [2.75, 3.05) is 0 Å². The van der Waals surface area contributed by atoms with Gasteiger partial charge in [-0.15, -0.1) is 11.3 Å². The molecule has 0 unspecified atom stereocenters. The Bertz CT molecular complexity index is 287. The zero-order valence-electron chi connectivity index (χ0n) is 10.5. The molecule has 0 aliphatic heterocycles. The fourth-order valence-electron chi connectivity index (χ4n) is 1.26. The molecule has 1 heterocycles. The molecule has 15 heavy (non-hydrogen) atoms. The first kappa shape index (κ1) is 14.2. The van der Waals surface area contributed by atoms with Gasteiger partial charge in [0.15, 0.2) is 0 Å². The highest BCUT2D eigenvalue weighted by atomic mass is 32.1. The lowest BCUT2D eigenvalue weighted by Gasteiger charge is -1.84. The van der Waals surface area contributed by atoms with Crippen molar-refractivity contribution in [1.82, 2.24) is 0 Å². The second kappa shape index (κ2) is 8.49. The van der Waals surface area contributed by atoms with E-state index >= 15 is 0 Å². The first-order valence-electron chi connectivity index (χ1n) is 5.80. The summed E-state index contributed by atoms with van der Waals surface area (Å²) in [4.78, 5) is 2.79. The summed E-state index contributed by atoms with van der Waals surface area (Å²) in [5.41, 5.74) is 1.38. The van der Waals surface area contributed by atoms with Crippen LogP contribution in [0.2, 0.25) is 0 Å². The van der Waals surface area contributed by atoms with Crippen molar-refractivity contribution in [3.8, 4) is 0 Å². The van der Waals surface area contributed by atoms with Crippen LogP contribution in [0.1, 0.15) is 49.4 Å². The average Bonchev–Trinajstić information content (AvgIpc) is 2.51. The molecule has 84 valence electrons. The van der Waals surface area contributed by atoms with Crippen molar-refractivity contribution < 1.29 is 0 Å². The molecule has 0 bridgehead atoms. The molecule has 2 rings (SSSR count). The van der Waals surface area contributed by atoms with Gasteiger partial charge >= 0.3 is 0 Å². The summed E-state index contributed by atoms with van der Waals surface area (Å²) in [5, 5.41) is 0. The van der Waals surface area contributed by atoms with Crippen molar-refractivity contribution in [2.24, 2.45) is 0 Å². The first-order valence-corrected chi connectivity index (χ1v) is 6.61. The van der Waals surface area contributed by atoms with Crippen molar-refractivity contribution in [2.45, 2.75) is 41.0 Å². The lowest BCUT2D eigenvalue weighted by Crippen LogP contribution is -1.64. The number of rotatable bonds is 0. The second-order valence-corrected chi connectivity index (χ2v) is 4.00. The fraction of sp³-hybridized carbons (Fsp3) is 0.429. The van der Waals surface area contributed by atoms with Gasteiger partial charge in [0.05, 0.1) is 0 Å². The summed E-state index contributed by atoms with van der Waals surface area (Å²) in [6.07, 6.45) is 9.90. The SMILES string of the molecule is CC.CC.Cc1cc2c(s1)C=CCC=C2. The zero-order valence-corrected chi connectivity index (χ0v) is 11.3. The lowest BCUT2D eigenvalue weighted by molar-refractivity contribution is 1.44. The van der Waals surface area contributed by atoms with Gasteiger partial charge in [-0.2, -0.15) is 0 Å². The molecule has 0 aromatic carbocycles. The number of thiophene rings is 1. The predicted molar refractivity (Wildman–Crippen MR) is 74.4 cm³/mol. The van der Waals surface area contributed by atoms with Gasteiger partial charge in [-0.05, 0) is 31.1 Å². The van der Waals surface area contributed by atoms with Crippen molar-refractivity contribution >= 4 is 23.5 Å². The second-order valence-electron chi connectivity index (χ2n) is 2.72. The summed E-state index contributed by atoms with van der Waals surface area (Å²) in [7, 11) is 0. The highest BCUT2D eigenvalue weighted by molar-refractivity contribution is 7.13. The Labute approximate surface area is 98.3 Å². The van der Waals surface area contributed by atoms with Crippen LogP contribution in [0.3, 0.4) is 0 Å². The van der Waals surface area contributed by atoms with Crippen molar-refractivity contribution in [1.29, 1.82) is 0 Å². The van der Waals surface area contributed by atoms with Gasteiger partial charge in [0.1, 0.15) is 0 Å². The highest BCUT2D eigenvalue weighted by Gasteiger charge is 2.01. The van der Waals surface area contributed by atoms with E-state index in [4.69, 9.17) is 0 Å². The summed E-state index contributed by atoms with van der Waals surface area (Å²) in [6, 6.07) is 2.24. The van der Waals surface area contributed by atoms with Crippen LogP contribution >= 0.6 is 11.3 Å². The predicted octanol–water partition coefficient (Wildman–Crippen LogP) is 5.54. The van der Waals surface area contributed by atoms with E-state index in [1.807, 2.05) is 39.0 Å². The Kier molecular flexibility index (Phi) is 8.02. The third kappa shape index (κ3) is 4.48. The Morgan fingerprint density at radius 2 is 1.60 bits per heavy atom. The van der Waals surface area contributed by atoms with Gasteiger partial charge in [0.25, 0.3) is 0 Å². The Morgan fingerprint density at radius 3 is 2.27 bits per heavy atom. The number of hydrogen-bond acceptors (Lipinski definition) is 1. The van der Waals surface area contributed by atoms with Crippen LogP contribution in [0.4, 0.5) is 0 Å². The number of aryl methyl sites for hydroxylation is 1. The van der Waals surface area contributed by atoms with E-state index in [0.29, 0.717) is 0 Å². The van der Waals surface area contributed by atoms with E-state index in [1.54, 1.807) is 0 Å². The maximum atomic E-state index is 2.24. The molecule has 1 aliphatic rings. The molecule has 0 N–H and O–H groups in total. The topological polar surface area (TPSA) is 0 Å². The van der Waals surface area contributed by atoms with Gasteiger partial charge in [-0.25, -0.2) is 0 Å². The molecule has 0 nitrogen and oxygen atoms in total. The van der Waals surface area contributed by atoms with Crippen LogP contribution in [0, 0.1) is 6.92 Å². The number of fused-ring (bicyclic) bond motifs is 1. The molecular weight excluding hydrogens is 200 g/mol. The molecule has 0 radical (unpaired) electrons. The quantitative estimate of drug-likeness (QED) is 0.540. The molecule has 1 heteroatoms. The normalized spacial score (nSPS) is 11.5. The summed E-state index contributed by atoms with van der Waals surface area (Å²) in [6.45, 7) is 10.2. The molecule has 0 spiro atoms. The van der Waals surface area contributed by atoms with Gasteiger partial charge in [-0.1, -0.05) is 45.9 Å². The zero-order chi connectivity index (χ0) is 11.7. The summed E-state index contributed by atoms with van der Waals surface area (Å²) >= 11 is 1.87. The average molecular weight is 222 g/mol. The minimum absolute atomic E-state index is 1.07. The van der Waals surface area contributed by atoms with Gasteiger partial charge in [0.2, 0.25) is 0 Å². The molecule has 0 amide bonds. The van der Waals surface area contributed by atoms with Crippen LogP contribution in [-0.2, 0) is 0 Å². The molecule has 1 aliphatic carbocycles. The first-order chi connectivity index (χ1) is 7.36. The number of allylic oxidation sites excluding steroid dienone is 2. The summed E-state index contributed by atoms with van der Waals surface area (Å²) in [5.74, 6) is 0. The molecule has 0 fully saturated rings. The Morgan fingerprint density at radius 1 is 1.00 bits per heavy atom. The highest BCUT2D eigenvalue weighted by Crippen LogP contribution is 2.26. The van der Waals surface area contributed by atoms with Crippen molar-refractivity contribution in [3.05, 3.63) is 33.5 Å². The number of hydrogen-bond donors (Lipinski definition) is 0. The smallest absolute Gasteiger partial charge is 0.0342 e. The minimum Gasteiger partial charge on any atom is -0.141 e. The fourth-order valence-corrected chi connectivity index (χ4v) is 2.20. The molecular formula is C14H22S. The van der Waals surface area contributed by atoms with Crippen LogP contribution < -0.4 is 0 Å². The Hall–Kier alpha value is -0.820. The standard InChI is InChI=1S/C10H10S.2C2H6/c1-8-7-9-5-3-2-4-6-10(9)11-8;2*1-2/h3-7H,2H2,1H3;2*1-2H3. The van der Waals surface area contributed by atoms with Crippen LogP contribution in [0.5, 0.6) is 0 Å². The molecule has 0 atom stereocenters.